The van der Waals surface area contributed by atoms with Crippen LogP contribution in [0.15, 0.2) is 47.4 Å². The summed E-state index contributed by atoms with van der Waals surface area (Å²) >= 11 is 7.26. The van der Waals surface area contributed by atoms with E-state index >= 15 is 0 Å². The predicted octanol–water partition coefficient (Wildman–Crippen LogP) is 3.66. The van der Waals surface area contributed by atoms with Crippen LogP contribution in [0.2, 0.25) is 5.02 Å². The highest BCUT2D eigenvalue weighted by atomic mass is 35.5. The quantitative estimate of drug-likeness (QED) is 0.651. The van der Waals surface area contributed by atoms with Crippen LogP contribution in [-0.4, -0.2) is 18.8 Å². The fraction of sp³-hybridized carbons (Fsp3) is 0.133. The van der Waals surface area contributed by atoms with E-state index in [1.807, 2.05) is 0 Å². The normalized spacial score (nSPS) is 10.2. The number of amides is 1. The van der Waals surface area contributed by atoms with Crippen molar-refractivity contribution in [3.63, 3.8) is 0 Å². The zero-order chi connectivity index (χ0) is 15.2. The summed E-state index contributed by atoms with van der Waals surface area (Å²) in [7, 11) is 1.60. The topological polar surface area (TPSA) is 64.3 Å². The number of benzene rings is 2. The Hall–Kier alpha value is -1.85. The van der Waals surface area contributed by atoms with Crippen LogP contribution < -0.4 is 15.8 Å². The lowest BCUT2D eigenvalue weighted by atomic mass is 10.3. The number of halogens is 1. The Morgan fingerprint density at radius 2 is 2.00 bits per heavy atom. The molecule has 21 heavy (non-hydrogen) atoms. The third-order valence-electron chi connectivity index (χ3n) is 2.71. The van der Waals surface area contributed by atoms with Crippen LogP contribution in [0.25, 0.3) is 0 Å². The summed E-state index contributed by atoms with van der Waals surface area (Å²) in [5, 5.41) is 3.41. The molecule has 3 N–H and O–H groups in total. The zero-order valence-corrected chi connectivity index (χ0v) is 13.0. The average Bonchev–Trinajstić information content (AvgIpc) is 2.49. The van der Waals surface area contributed by atoms with Crippen molar-refractivity contribution in [3.8, 4) is 5.75 Å². The monoisotopic (exact) mass is 322 g/mol. The number of hydrogen-bond acceptors (Lipinski definition) is 4. The molecular formula is C15H15ClN2O2S. The van der Waals surface area contributed by atoms with Gasteiger partial charge in [0.15, 0.2) is 0 Å². The molecule has 2 rings (SSSR count). The summed E-state index contributed by atoms with van der Waals surface area (Å²) in [5.74, 6) is 0.898. The minimum absolute atomic E-state index is 0.107. The Kier molecular flexibility index (Phi) is 5.36. The van der Waals surface area contributed by atoms with Gasteiger partial charge in [0.2, 0.25) is 5.91 Å². The molecule has 0 spiro atoms. The van der Waals surface area contributed by atoms with Gasteiger partial charge in [-0.2, -0.15) is 0 Å². The molecule has 0 aliphatic rings. The first kappa shape index (κ1) is 15.5. The summed E-state index contributed by atoms with van der Waals surface area (Å²) in [4.78, 5) is 12.7. The molecule has 0 saturated carbocycles. The first-order valence-electron chi connectivity index (χ1n) is 6.20. The number of carbonyl (C=O) groups is 1. The maximum Gasteiger partial charge on any atom is 0.234 e. The first-order chi connectivity index (χ1) is 10.1. The number of nitrogen functional groups attached to an aromatic ring is 1. The van der Waals surface area contributed by atoms with Crippen molar-refractivity contribution in [2.75, 3.05) is 23.9 Å². The molecule has 0 bridgehead atoms. The van der Waals surface area contributed by atoms with E-state index in [1.165, 1.54) is 11.8 Å². The van der Waals surface area contributed by atoms with E-state index in [-0.39, 0.29) is 11.7 Å². The molecule has 0 heterocycles. The van der Waals surface area contributed by atoms with Gasteiger partial charge in [-0.05, 0) is 42.5 Å². The molecule has 0 radical (unpaired) electrons. The molecule has 6 heteroatoms. The summed E-state index contributed by atoms with van der Waals surface area (Å²) in [6.45, 7) is 0. The van der Waals surface area contributed by atoms with Gasteiger partial charge < -0.3 is 15.8 Å². The van der Waals surface area contributed by atoms with E-state index in [2.05, 4.69) is 5.32 Å². The van der Waals surface area contributed by atoms with Crippen molar-refractivity contribution in [3.05, 3.63) is 47.5 Å². The number of hydrogen-bond donors (Lipinski definition) is 2. The van der Waals surface area contributed by atoms with Gasteiger partial charge in [-0.25, -0.2) is 0 Å². The molecule has 0 aromatic heterocycles. The van der Waals surface area contributed by atoms with Crippen molar-refractivity contribution in [2.24, 2.45) is 0 Å². The minimum Gasteiger partial charge on any atom is -0.497 e. The van der Waals surface area contributed by atoms with Crippen LogP contribution in [0.4, 0.5) is 11.4 Å². The lowest BCUT2D eigenvalue weighted by Crippen LogP contribution is -2.14. The molecule has 1 amide bonds. The predicted molar refractivity (Wildman–Crippen MR) is 88.2 cm³/mol. The number of nitrogens with two attached hydrogens (primary N) is 1. The van der Waals surface area contributed by atoms with Crippen LogP contribution in [0.1, 0.15) is 0 Å². The highest BCUT2D eigenvalue weighted by molar-refractivity contribution is 8.00. The van der Waals surface area contributed by atoms with Crippen LogP contribution >= 0.6 is 23.4 Å². The number of methoxy groups -OCH3 is 1. The van der Waals surface area contributed by atoms with E-state index in [1.54, 1.807) is 49.6 Å². The molecule has 0 unspecified atom stereocenters. The molecule has 110 valence electrons. The lowest BCUT2D eigenvalue weighted by Gasteiger charge is -2.08. The number of anilines is 2. The van der Waals surface area contributed by atoms with E-state index < -0.39 is 0 Å². The van der Waals surface area contributed by atoms with Crippen molar-refractivity contribution in [1.29, 1.82) is 0 Å². The third kappa shape index (κ3) is 4.58. The summed E-state index contributed by atoms with van der Waals surface area (Å²) in [5.41, 5.74) is 7.17. The fourth-order valence-electron chi connectivity index (χ4n) is 1.65. The third-order valence-corrected chi connectivity index (χ3v) is 4.01. The van der Waals surface area contributed by atoms with Crippen molar-refractivity contribution >= 4 is 40.6 Å². The number of rotatable bonds is 5. The molecule has 4 nitrogen and oxygen atoms in total. The van der Waals surface area contributed by atoms with Crippen LogP contribution in [0.3, 0.4) is 0 Å². The number of ether oxygens (including phenoxy) is 1. The Morgan fingerprint density at radius 3 is 2.67 bits per heavy atom. The molecule has 0 fully saturated rings. The maximum atomic E-state index is 11.9. The molecule has 0 atom stereocenters. The standard InChI is InChI=1S/C15H15ClN2O2S/c1-20-12-5-3-11(4-6-12)18-15(19)9-21-14-8-10(16)2-7-13(14)17/h2-8H,9,17H2,1H3,(H,18,19). The van der Waals surface area contributed by atoms with Gasteiger partial charge in [-0.15, -0.1) is 11.8 Å². The Bertz CT molecular complexity index is 632. The van der Waals surface area contributed by atoms with Gasteiger partial charge in [0, 0.05) is 21.3 Å². The summed E-state index contributed by atoms with van der Waals surface area (Å²) in [6.07, 6.45) is 0. The summed E-state index contributed by atoms with van der Waals surface area (Å²) in [6, 6.07) is 12.4. The van der Waals surface area contributed by atoms with Crippen LogP contribution in [0.5, 0.6) is 5.75 Å². The van der Waals surface area contributed by atoms with Crippen molar-refractivity contribution < 1.29 is 9.53 Å². The van der Waals surface area contributed by atoms with Crippen molar-refractivity contribution in [2.45, 2.75) is 4.90 Å². The Morgan fingerprint density at radius 1 is 1.29 bits per heavy atom. The lowest BCUT2D eigenvalue weighted by molar-refractivity contribution is -0.113. The second-order valence-corrected chi connectivity index (χ2v) is 5.70. The van der Waals surface area contributed by atoms with Gasteiger partial charge in [0.05, 0.1) is 12.9 Å². The van der Waals surface area contributed by atoms with E-state index in [0.29, 0.717) is 10.7 Å². The molecule has 0 aliphatic carbocycles. The van der Waals surface area contributed by atoms with Gasteiger partial charge in [-0.3, -0.25) is 4.79 Å². The van der Waals surface area contributed by atoms with Gasteiger partial charge in [-0.1, -0.05) is 11.6 Å². The smallest absolute Gasteiger partial charge is 0.234 e. The number of nitrogens with one attached hydrogen (secondary N) is 1. The van der Waals surface area contributed by atoms with Crippen molar-refractivity contribution in [1.82, 2.24) is 0 Å². The van der Waals surface area contributed by atoms with Gasteiger partial charge in [0.25, 0.3) is 0 Å². The fourth-order valence-corrected chi connectivity index (χ4v) is 2.69. The van der Waals surface area contributed by atoms with Crippen LogP contribution in [-0.2, 0) is 4.79 Å². The first-order valence-corrected chi connectivity index (χ1v) is 7.56. The Balaban J connectivity index is 1.91. The minimum atomic E-state index is -0.107. The molecular weight excluding hydrogens is 308 g/mol. The summed E-state index contributed by atoms with van der Waals surface area (Å²) < 4.78 is 5.06. The highest BCUT2D eigenvalue weighted by Gasteiger charge is 2.07. The largest absolute Gasteiger partial charge is 0.497 e. The van der Waals surface area contributed by atoms with Gasteiger partial charge >= 0.3 is 0 Å². The molecule has 2 aromatic carbocycles. The second-order valence-electron chi connectivity index (χ2n) is 4.25. The van der Waals surface area contributed by atoms with E-state index in [9.17, 15) is 4.79 Å². The van der Waals surface area contributed by atoms with Crippen LogP contribution in [0, 0.1) is 0 Å². The molecule has 2 aromatic rings. The maximum absolute atomic E-state index is 11.9. The SMILES string of the molecule is COc1ccc(NC(=O)CSc2cc(Cl)ccc2N)cc1. The Labute approximate surface area is 132 Å². The second kappa shape index (κ2) is 7.24. The number of thioether (sulfide) groups is 1. The van der Waals surface area contributed by atoms with Gasteiger partial charge in [0.1, 0.15) is 5.75 Å². The molecule has 0 saturated heterocycles. The highest BCUT2D eigenvalue weighted by Crippen LogP contribution is 2.28. The zero-order valence-electron chi connectivity index (χ0n) is 11.4. The molecule has 0 aliphatic heterocycles. The number of carbonyl (C=O) groups excluding carboxylic acids is 1. The average molecular weight is 323 g/mol. The van der Waals surface area contributed by atoms with E-state index in [0.717, 1.165) is 16.3 Å². The van der Waals surface area contributed by atoms with E-state index in [4.69, 9.17) is 22.1 Å².